The summed E-state index contributed by atoms with van der Waals surface area (Å²) in [6.07, 6.45) is 0. The number of rotatable bonds is 6. The highest BCUT2D eigenvalue weighted by Gasteiger charge is 2.35. The standard InChI is InChI=1S/C23H23ClN4O4/c1-5-28-13(2)19(20(25-23(28)29)14-6-9-16(24)10-7-14)22-26-21(27-32-22)15-8-11-17(30-3)18(12-15)31-4/h6-12,20H,5H2,1-4H3,(H,25,29). The van der Waals surface area contributed by atoms with Crippen LogP contribution in [0.1, 0.15) is 31.3 Å². The number of amides is 2. The zero-order valence-corrected chi connectivity index (χ0v) is 18.9. The van der Waals surface area contributed by atoms with Gasteiger partial charge in [-0.3, -0.25) is 4.90 Å². The molecule has 8 nitrogen and oxygen atoms in total. The van der Waals surface area contributed by atoms with Crippen LogP contribution in [0.5, 0.6) is 11.5 Å². The molecule has 1 atom stereocenters. The van der Waals surface area contributed by atoms with Crippen molar-refractivity contribution in [3.05, 3.63) is 64.6 Å². The number of methoxy groups -OCH3 is 2. The van der Waals surface area contributed by atoms with Gasteiger partial charge in [0.15, 0.2) is 11.5 Å². The molecule has 1 aliphatic rings. The van der Waals surface area contributed by atoms with Crippen LogP contribution in [0.25, 0.3) is 17.0 Å². The molecule has 4 rings (SSSR count). The first-order valence-corrected chi connectivity index (χ1v) is 10.4. The maximum Gasteiger partial charge on any atom is 0.322 e. The van der Waals surface area contributed by atoms with Crippen molar-refractivity contribution < 1.29 is 18.8 Å². The van der Waals surface area contributed by atoms with Gasteiger partial charge in [0.2, 0.25) is 5.82 Å². The Labute approximate surface area is 190 Å². The molecule has 2 amide bonds. The fourth-order valence-electron chi connectivity index (χ4n) is 3.77. The number of benzene rings is 2. The average Bonchev–Trinajstić information content (AvgIpc) is 3.28. The van der Waals surface area contributed by atoms with E-state index in [9.17, 15) is 4.79 Å². The lowest BCUT2D eigenvalue weighted by atomic mass is 9.95. The highest BCUT2D eigenvalue weighted by Crippen LogP contribution is 2.38. The predicted octanol–water partition coefficient (Wildman–Crippen LogP) is 4.92. The second-order valence-electron chi connectivity index (χ2n) is 7.17. The van der Waals surface area contributed by atoms with Crippen molar-refractivity contribution in [2.45, 2.75) is 19.9 Å². The maximum atomic E-state index is 12.7. The first-order chi connectivity index (χ1) is 15.5. The molecule has 0 spiro atoms. The number of halogens is 1. The number of carbonyl (C=O) groups is 1. The number of hydrogen-bond acceptors (Lipinski definition) is 6. The number of nitrogens with one attached hydrogen (secondary N) is 1. The Morgan fingerprint density at radius 3 is 2.50 bits per heavy atom. The lowest BCUT2D eigenvalue weighted by Crippen LogP contribution is -2.45. The number of aromatic nitrogens is 2. The zero-order chi connectivity index (χ0) is 22.8. The van der Waals surface area contributed by atoms with Gasteiger partial charge in [0, 0.05) is 22.8 Å². The number of ether oxygens (including phenoxy) is 2. The van der Waals surface area contributed by atoms with Crippen LogP contribution in [0, 0.1) is 0 Å². The third kappa shape index (κ3) is 3.89. The highest BCUT2D eigenvalue weighted by molar-refractivity contribution is 6.30. The molecule has 0 saturated heterocycles. The minimum atomic E-state index is -0.457. The third-order valence-corrected chi connectivity index (χ3v) is 5.67. The minimum absolute atomic E-state index is 0.187. The molecular weight excluding hydrogens is 432 g/mol. The first kappa shape index (κ1) is 21.7. The molecule has 0 aliphatic carbocycles. The molecule has 2 aromatic carbocycles. The predicted molar refractivity (Wildman–Crippen MR) is 121 cm³/mol. The van der Waals surface area contributed by atoms with Gasteiger partial charge >= 0.3 is 6.03 Å². The lowest BCUT2D eigenvalue weighted by Gasteiger charge is -2.34. The zero-order valence-electron chi connectivity index (χ0n) is 18.2. The van der Waals surface area contributed by atoms with Crippen molar-refractivity contribution in [3.63, 3.8) is 0 Å². The summed E-state index contributed by atoms with van der Waals surface area (Å²) in [7, 11) is 3.14. The molecule has 3 aromatic rings. The summed E-state index contributed by atoms with van der Waals surface area (Å²) in [6.45, 7) is 4.29. The van der Waals surface area contributed by atoms with Gasteiger partial charge in [-0.2, -0.15) is 4.98 Å². The molecule has 1 aliphatic heterocycles. The molecule has 1 aromatic heterocycles. The normalized spacial score (nSPS) is 16.2. The Morgan fingerprint density at radius 1 is 1.12 bits per heavy atom. The Hall–Kier alpha value is -3.52. The number of allylic oxidation sites excluding steroid dienone is 1. The molecule has 0 radical (unpaired) electrons. The number of nitrogens with zero attached hydrogens (tertiary/aromatic N) is 3. The van der Waals surface area contributed by atoms with E-state index in [4.69, 9.17) is 25.6 Å². The van der Waals surface area contributed by atoms with Crippen LogP contribution in [-0.2, 0) is 0 Å². The Kier molecular flexibility index (Phi) is 6.05. The summed E-state index contributed by atoms with van der Waals surface area (Å²) in [4.78, 5) is 19.0. The van der Waals surface area contributed by atoms with Gasteiger partial charge in [-0.15, -0.1) is 0 Å². The van der Waals surface area contributed by atoms with Gasteiger partial charge in [0.1, 0.15) is 0 Å². The van der Waals surface area contributed by atoms with E-state index in [0.29, 0.717) is 40.3 Å². The Morgan fingerprint density at radius 2 is 1.84 bits per heavy atom. The van der Waals surface area contributed by atoms with E-state index in [-0.39, 0.29) is 6.03 Å². The summed E-state index contributed by atoms with van der Waals surface area (Å²) >= 11 is 6.06. The van der Waals surface area contributed by atoms with E-state index in [2.05, 4.69) is 15.5 Å². The minimum Gasteiger partial charge on any atom is -0.493 e. The molecule has 9 heteroatoms. The van der Waals surface area contributed by atoms with Gasteiger partial charge in [-0.1, -0.05) is 28.9 Å². The van der Waals surface area contributed by atoms with Crippen LogP contribution < -0.4 is 14.8 Å². The van der Waals surface area contributed by atoms with Crippen LogP contribution in [0.15, 0.2) is 52.7 Å². The third-order valence-electron chi connectivity index (χ3n) is 5.41. The van der Waals surface area contributed by atoms with E-state index in [1.165, 1.54) is 0 Å². The molecule has 166 valence electrons. The van der Waals surface area contributed by atoms with Crippen molar-refractivity contribution in [2.24, 2.45) is 0 Å². The van der Waals surface area contributed by atoms with Crippen molar-refractivity contribution >= 4 is 23.2 Å². The second kappa shape index (κ2) is 8.92. The van der Waals surface area contributed by atoms with Crippen molar-refractivity contribution in [3.8, 4) is 22.9 Å². The molecule has 0 saturated carbocycles. The monoisotopic (exact) mass is 454 g/mol. The van der Waals surface area contributed by atoms with E-state index >= 15 is 0 Å². The fraction of sp³-hybridized carbons (Fsp3) is 0.261. The van der Waals surface area contributed by atoms with E-state index in [1.807, 2.05) is 32.0 Å². The molecule has 0 bridgehead atoms. The summed E-state index contributed by atoms with van der Waals surface area (Å²) in [5.41, 5.74) is 3.05. The largest absolute Gasteiger partial charge is 0.493 e. The summed E-state index contributed by atoms with van der Waals surface area (Å²) in [5.74, 6) is 1.89. The summed E-state index contributed by atoms with van der Waals surface area (Å²) < 4.78 is 16.3. The average molecular weight is 455 g/mol. The van der Waals surface area contributed by atoms with Crippen LogP contribution >= 0.6 is 11.6 Å². The van der Waals surface area contributed by atoms with E-state index < -0.39 is 6.04 Å². The van der Waals surface area contributed by atoms with Crippen molar-refractivity contribution in [1.82, 2.24) is 20.4 Å². The number of hydrogen-bond donors (Lipinski definition) is 1. The second-order valence-corrected chi connectivity index (χ2v) is 7.61. The van der Waals surface area contributed by atoms with Crippen molar-refractivity contribution in [1.29, 1.82) is 0 Å². The highest BCUT2D eigenvalue weighted by atomic mass is 35.5. The summed E-state index contributed by atoms with van der Waals surface area (Å²) in [6, 6.07) is 12.1. The fourth-order valence-corrected chi connectivity index (χ4v) is 3.90. The molecule has 1 N–H and O–H groups in total. The van der Waals surface area contributed by atoms with Crippen LogP contribution in [-0.4, -0.2) is 41.8 Å². The quantitative estimate of drug-likeness (QED) is 0.568. The molecule has 32 heavy (non-hydrogen) atoms. The van der Waals surface area contributed by atoms with Gasteiger partial charge in [0.25, 0.3) is 5.89 Å². The smallest absolute Gasteiger partial charge is 0.322 e. The number of urea groups is 1. The van der Waals surface area contributed by atoms with Gasteiger partial charge < -0.3 is 19.3 Å². The summed E-state index contributed by atoms with van der Waals surface area (Å²) in [5, 5.41) is 7.82. The maximum absolute atomic E-state index is 12.7. The first-order valence-electron chi connectivity index (χ1n) is 10.1. The van der Waals surface area contributed by atoms with Gasteiger partial charge in [-0.25, -0.2) is 4.79 Å². The van der Waals surface area contributed by atoms with Crippen LogP contribution in [0.2, 0.25) is 5.02 Å². The Balaban J connectivity index is 1.79. The van der Waals surface area contributed by atoms with Gasteiger partial charge in [-0.05, 0) is 49.7 Å². The topological polar surface area (TPSA) is 89.7 Å². The lowest BCUT2D eigenvalue weighted by molar-refractivity contribution is 0.207. The van der Waals surface area contributed by atoms with Gasteiger partial charge in [0.05, 0.1) is 25.8 Å². The van der Waals surface area contributed by atoms with Crippen LogP contribution in [0.3, 0.4) is 0 Å². The van der Waals surface area contributed by atoms with Crippen LogP contribution in [0.4, 0.5) is 4.79 Å². The van der Waals surface area contributed by atoms with Crippen molar-refractivity contribution in [2.75, 3.05) is 20.8 Å². The van der Waals surface area contributed by atoms with E-state index in [1.54, 1.807) is 43.4 Å². The molecule has 2 heterocycles. The Bertz CT molecular complexity index is 1170. The SMILES string of the molecule is CCN1C(=O)NC(c2ccc(Cl)cc2)C(c2nc(-c3ccc(OC)c(OC)c3)no2)=C1C. The molecular formula is C23H23ClN4O4. The molecule has 1 unspecified atom stereocenters. The molecule has 0 fully saturated rings. The van der Waals surface area contributed by atoms with E-state index in [0.717, 1.165) is 16.8 Å². The number of carbonyl (C=O) groups excluding carboxylic acids is 1.